The molecule has 1 aromatic carbocycles. The Morgan fingerprint density at radius 1 is 1.41 bits per heavy atom. The first kappa shape index (κ1) is 21.3. The summed E-state index contributed by atoms with van der Waals surface area (Å²) in [6.07, 6.45) is 0. The SMILES string of the molecule is CCOC(=O)c1cc(Br)cc(S(=O)(=O)N(C)C(C)CN)c1.Cl. The van der Waals surface area contributed by atoms with E-state index in [-0.39, 0.29) is 42.1 Å². The number of esters is 1. The van der Waals surface area contributed by atoms with Gasteiger partial charge in [0, 0.05) is 24.1 Å². The van der Waals surface area contributed by atoms with Gasteiger partial charge in [-0.1, -0.05) is 15.9 Å². The standard InChI is InChI=1S/C13H19BrN2O4S.ClH/c1-4-20-13(17)10-5-11(14)7-12(6-10)21(18,19)16(3)9(2)8-15;/h5-7,9H,4,8,15H2,1-3H3;1H. The Balaban J connectivity index is 0.00000441. The molecule has 0 saturated heterocycles. The van der Waals surface area contributed by atoms with Crippen molar-refractivity contribution in [2.45, 2.75) is 24.8 Å². The average molecular weight is 416 g/mol. The monoisotopic (exact) mass is 414 g/mol. The van der Waals surface area contributed by atoms with Gasteiger partial charge in [0.1, 0.15) is 0 Å². The maximum absolute atomic E-state index is 12.5. The topological polar surface area (TPSA) is 89.7 Å². The van der Waals surface area contributed by atoms with Crippen LogP contribution < -0.4 is 5.73 Å². The van der Waals surface area contributed by atoms with E-state index in [4.69, 9.17) is 10.5 Å². The second-order valence-corrected chi connectivity index (χ2v) is 7.42. The first-order valence-electron chi connectivity index (χ1n) is 6.39. The Morgan fingerprint density at radius 3 is 2.50 bits per heavy atom. The van der Waals surface area contributed by atoms with E-state index in [1.807, 2.05) is 0 Å². The summed E-state index contributed by atoms with van der Waals surface area (Å²) in [5.41, 5.74) is 5.69. The summed E-state index contributed by atoms with van der Waals surface area (Å²) >= 11 is 3.21. The maximum atomic E-state index is 12.5. The molecule has 0 heterocycles. The molecule has 0 amide bonds. The van der Waals surface area contributed by atoms with E-state index in [9.17, 15) is 13.2 Å². The van der Waals surface area contributed by atoms with Crippen molar-refractivity contribution in [1.82, 2.24) is 4.31 Å². The molecule has 0 saturated carbocycles. The minimum Gasteiger partial charge on any atom is -0.462 e. The number of carbonyl (C=O) groups excluding carboxylic acids is 1. The van der Waals surface area contributed by atoms with Gasteiger partial charge in [0.25, 0.3) is 0 Å². The molecule has 0 aliphatic carbocycles. The smallest absolute Gasteiger partial charge is 0.338 e. The average Bonchev–Trinajstić information content (AvgIpc) is 2.45. The molecule has 9 heteroatoms. The number of hydrogen-bond acceptors (Lipinski definition) is 5. The minimum absolute atomic E-state index is 0. The van der Waals surface area contributed by atoms with E-state index >= 15 is 0 Å². The van der Waals surface area contributed by atoms with Crippen LogP contribution in [-0.2, 0) is 14.8 Å². The van der Waals surface area contributed by atoms with Gasteiger partial charge in [0.05, 0.1) is 17.1 Å². The normalized spacial score (nSPS) is 12.6. The van der Waals surface area contributed by atoms with Crippen LogP contribution in [0.1, 0.15) is 24.2 Å². The van der Waals surface area contributed by atoms with Crippen LogP contribution >= 0.6 is 28.3 Å². The number of halogens is 2. The van der Waals surface area contributed by atoms with Crippen molar-refractivity contribution < 1.29 is 17.9 Å². The Kier molecular flexibility index (Phi) is 8.56. The van der Waals surface area contributed by atoms with Gasteiger partial charge in [-0.2, -0.15) is 4.31 Å². The summed E-state index contributed by atoms with van der Waals surface area (Å²) in [5.74, 6) is -0.565. The summed E-state index contributed by atoms with van der Waals surface area (Å²) in [5, 5.41) is 0. The van der Waals surface area contributed by atoms with Crippen LogP contribution in [-0.4, -0.2) is 44.9 Å². The van der Waals surface area contributed by atoms with Gasteiger partial charge >= 0.3 is 5.97 Å². The largest absolute Gasteiger partial charge is 0.462 e. The minimum atomic E-state index is -3.73. The summed E-state index contributed by atoms with van der Waals surface area (Å²) in [6, 6.07) is 3.92. The molecule has 22 heavy (non-hydrogen) atoms. The number of hydrogen-bond donors (Lipinski definition) is 1. The first-order chi connectivity index (χ1) is 9.73. The van der Waals surface area contributed by atoms with Gasteiger partial charge in [-0.25, -0.2) is 13.2 Å². The summed E-state index contributed by atoms with van der Waals surface area (Å²) in [6.45, 7) is 3.82. The number of rotatable bonds is 6. The van der Waals surface area contributed by atoms with Gasteiger partial charge in [0.15, 0.2) is 0 Å². The lowest BCUT2D eigenvalue weighted by atomic mass is 10.2. The zero-order valence-electron chi connectivity index (χ0n) is 12.6. The highest BCUT2D eigenvalue weighted by molar-refractivity contribution is 9.10. The number of nitrogens with zero attached hydrogens (tertiary/aromatic N) is 1. The van der Waals surface area contributed by atoms with Crippen LogP contribution in [0.15, 0.2) is 27.6 Å². The van der Waals surface area contributed by atoms with Gasteiger partial charge in [0.2, 0.25) is 10.0 Å². The van der Waals surface area contributed by atoms with E-state index in [2.05, 4.69) is 15.9 Å². The molecule has 2 N–H and O–H groups in total. The molecule has 0 aliphatic heterocycles. The number of sulfonamides is 1. The van der Waals surface area contributed by atoms with Crippen LogP contribution in [0.25, 0.3) is 0 Å². The fraction of sp³-hybridized carbons (Fsp3) is 0.462. The van der Waals surface area contributed by atoms with Gasteiger partial charge in [-0.05, 0) is 32.0 Å². The number of benzene rings is 1. The van der Waals surface area contributed by atoms with Crippen LogP contribution in [0.2, 0.25) is 0 Å². The highest BCUT2D eigenvalue weighted by atomic mass is 79.9. The third-order valence-electron chi connectivity index (χ3n) is 3.02. The molecule has 0 bridgehead atoms. The molecular formula is C13H20BrClN2O4S. The molecule has 6 nitrogen and oxygen atoms in total. The van der Waals surface area contributed by atoms with Gasteiger partial charge in [-0.15, -0.1) is 12.4 Å². The quantitative estimate of drug-likeness (QED) is 0.718. The van der Waals surface area contributed by atoms with Crippen molar-refractivity contribution >= 4 is 44.3 Å². The number of carbonyl (C=O) groups is 1. The van der Waals surface area contributed by atoms with Crippen LogP contribution in [0.3, 0.4) is 0 Å². The van der Waals surface area contributed by atoms with Crippen molar-refractivity contribution in [2.24, 2.45) is 5.73 Å². The van der Waals surface area contributed by atoms with Crippen molar-refractivity contribution in [3.05, 3.63) is 28.2 Å². The Labute approximate surface area is 145 Å². The fourth-order valence-electron chi connectivity index (χ4n) is 1.60. The third-order valence-corrected chi connectivity index (χ3v) is 5.43. The van der Waals surface area contributed by atoms with E-state index in [0.717, 1.165) is 0 Å². The highest BCUT2D eigenvalue weighted by Gasteiger charge is 2.26. The zero-order valence-corrected chi connectivity index (χ0v) is 15.8. The summed E-state index contributed by atoms with van der Waals surface area (Å²) < 4.78 is 31.6. The third kappa shape index (κ3) is 4.92. The molecule has 0 spiro atoms. The Bertz CT molecular complexity index is 624. The molecule has 1 aromatic rings. The molecule has 0 radical (unpaired) electrons. The molecule has 1 rings (SSSR count). The van der Waals surface area contributed by atoms with Gasteiger partial charge < -0.3 is 10.5 Å². The lowest BCUT2D eigenvalue weighted by molar-refractivity contribution is 0.0526. The molecular weight excluding hydrogens is 396 g/mol. The Hall–Kier alpha value is -0.670. The molecule has 126 valence electrons. The van der Waals surface area contributed by atoms with E-state index in [1.54, 1.807) is 13.8 Å². The number of likely N-dealkylation sites (N-methyl/N-ethyl adjacent to an activating group) is 1. The zero-order chi connectivity index (χ0) is 16.2. The maximum Gasteiger partial charge on any atom is 0.338 e. The van der Waals surface area contributed by atoms with Crippen molar-refractivity contribution in [3.8, 4) is 0 Å². The van der Waals surface area contributed by atoms with Crippen molar-refractivity contribution in [2.75, 3.05) is 20.2 Å². The highest BCUT2D eigenvalue weighted by Crippen LogP contribution is 2.23. The Morgan fingerprint density at radius 2 is 2.00 bits per heavy atom. The second-order valence-electron chi connectivity index (χ2n) is 4.50. The van der Waals surface area contributed by atoms with Crippen molar-refractivity contribution in [3.63, 3.8) is 0 Å². The van der Waals surface area contributed by atoms with Crippen LogP contribution in [0.4, 0.5) is 0 Å². The van der Waals surface area contributed by atoms with Gasteiger partial charge in [-0.3, -0.25) is 0 Å². The van der Waals surface area contributed by atoms with Crippen molar-refractivity contribution in [1.29, 1.82) is 0 Å². The molecule has 0 aromatic heterocycles. The predicted octanol–water partition coefficient (Wildman–Crippen LogP) is 2.02. The molecule has 0 aliphatic rings. The van der Waals surface area contributed by atoms with Crippen LogP contribution in [0.5, 0.6) is 0 Å². The first-order valence-corrected chi connectivity index (χ1v) is 8.63. The predicted molar refractivity (Wildman–Crippen MR) is 90.8 cm³/mol. The van der Waals surface area contributed by atoms with E-state index in [0.29, 0.717) is 4.47 Å². The number of nitrogens with two attached hydrogens (primary N) is 1. The summed E-state index contributed by atoms with van der Waals surface area (Å²) in [7, 11) is -2.27. The molecule has 0 fully saturated rings. The molecule has 1 atom stereocenters. The second kappa shape index (κ2) is 8.83. The number of ether oxygens (including phenoxy) is 1. The summed E-state index contributed by atoms with van der Waals surface area (Å²) in [4.78, 5) is 11.8. The van der Waals surface area contributed by atoms with Crippen LogP contribution in [0, 0.1) is 0 Å². The lowest BCUT2D eigenvalue weighted by Crippen LogP contribution is -2.39. The molecule has 1 unspecified atom stereocenters. The van der Waals surface area contributed by atoms with E-state index in [1.165, 1.54) is 29.6 Å². The fourth-order valence-corrected chi connectivity index (χ4v) is 3.68. The van der Waals surface area contributed by atoms with E-state index < -0.39 is 16.0 Å². The lowest BCUT2D eigenvalue weighted by Gasteiger charge is -2.23.